The van der Waals surface area contributed by atoms with E-state index in [2.05, 4.69) is 15.5 Å². The average Bonchev–Trinajstić information content (AvgIpc) is 2.61. The number of hydrogen-bond donors (Lipinski definition) is 2. The summed E-state index contributed by atoms with van der Waals surface area (Å²) < 4.78 is 5.43. The van der Waals surface area contributed by atoms with Crippen molar-refractivity contribution in [1.82, 2.24) is 15.5 Å². The van der Waals surface area contributed by atoms with Crippen LogP contribution < -0.4 is 5.32 Å². The number of hydrogen-bond acceptors (Lipinski definition) is 3. The summed E-state index contributed by atoms with van der Waals surface area (Å²) in [5, 5.41) is 9.55. The molecule has 0 radical (unpaired) electrons. The van der Waals surface area contributed by atoms with E-state index in [1.54, 1.807) is 6.20 Å². The first-order valence-corrected chi connectivity index (χ1v) is 5.63. The van der Waals surface area contributed by atoms with E-state index < -0.39 is 0 Å². The van der Waals surface area contributed by atoms with Crippen LogP contribution in [0.3, 0.4) is 0 Å². The van der Waals surface area contributed by atoms with Crippen LogP contribution in [0.15, 0.2) is 6.20 Å². The summed E-state index contributed by atoms with van der Waals surface area (Å²) in [6, 6.07) is 0.248. The second kappa shape index (κ2) is 4.65. The molecule has 0 unspecified atom stereocenters. The lowest BCUT2D eigenvalue weighted by atomic mass is 9.89. The van der Waals surface area contributed by atoms with Crippen LogP contribution >= 0.6 is 0 Å². The highest BCUT2D eigenvalue weighted by Gasteiger charge is 2.31. The van der Waals surface area contributed by atoms with Crippen LogP contribution in [0.25, 0.3) is 0 Å². The van der Waals surface area contributed by atoms with Crippen molar-refractivity contribution < 1.29 is 9.53 Å². The number of aromatic nitrogens is 2. The Balaban J connectivity index is 1.80. The number of H-pyrrole nitrogens is 1. The zero-order valence-electron chi connectivity index (χ0n) is 9.62. The second-order valence-corrected chi connectivity index (χ2v) is 4.13. The van der Waals surface area contributed by atoms with E-state index in [0.29, 0.717) is 11.7 Å². The third-order valence-corrected chi connectivity index (χ3v) is 2.91. The molecule has 0 spiro atoms. The van der Waals surface area contributed by atoms with Crippen LogP contribution in [0.5, 0.6) is 0 Å². The molecule has 0 bridgehead atoms. The van der Waals surface area contributed by atoms with Gasteiger partial charge in [0.15, 0.2) is 0 Å². The number of aromatic amines is 1. The van der Waals surface area contributed by atoms with Crippen LogP contribution in [0.2, 0.25) is 0 Å². The Bertz CT molecular complexity index is 369. The molecule has 0 atom stereocenters. The van der Waals surface area contributed by atoms with Gasteiger partial charge in [0.25, 0.3) is 5.91 Å². The van der Waals surface area contributed by atoms with Crippen molar-refractivity contribution in [1.29, 1.82) is 0 Å². The maximum Gasteiger partial charge on any atom is 0.254 e. The predicted molar refractivity (Wildman–Crippen MR) is 59.2 cm³/mol. The van der Waals surface area contributed by atoms with Gasteiger partial charge >= 0.3 is 0 Å². The van der Waals surface area contributed by atoms with E-state index in [9.17, 15) is 4.79 Å². The quantitative estimate of drug-likeness (QED) is 0.800. The Morgan fingerprint density at radius 3 is 3.00 bits per heavy atom. The van der Waals surface area contributed by atoms with Gasteiger partial charge in [0, 0.05) is 18.3 Å². The highest BCUT2D eigenvalue weighted by molar-refractivity contribution is 5.95. The minimum Gasteiger partial charge on any atom is -0.378 e. The first kappa shape index (κ1) is 11.1. The van der Waals surface area contributed by atoms with Crippen LogP contribution in [-0.2, 0) is 4.74 Å². The van der Waals surface area contributed by atoms with Crippen molar-refractivity contribution in [2.24, 2.45) is 0 Å². The fourth-order valence-corrected chi connectivity index (χ4v) is 1.90. The Morgan fingerprint density at radius 1 is 1.69 bits per heavy atom. The minimum atomic E-state index is -0.0498. The van der Waals surface area contributed by atoms with Gasteiger partial charge < -0.3 is 10.1 Å². The molecule has 5 nitrogen and oxygen atoms in total. The van der Waals surface area contributed by atoms with Crippen LogP contribution in [0, 0.1) is 6.92 Å². The summed E-state index contributed by atoms with van der Waals surface area (Å²) in [4.78, 5) is 11.8. The Kier molecular flexibility index (Phi) is 3.24. The van der Waals surface area contributed by atoms with Gasteiger partial charge in [-0.3, -0.25) is 9.89 Å². The van der Waals surface area contributed by atoms with Gasteiger partial charge in [-0.25, -0.2) is 0 Å². The van der Waals surface area contributed by atoms with Gasteiger partial charge in [-0.05, 0) is 26.7 Å². The van der Waals surface area contributed by atoms with Crippen molar-refractivity contribution in [3.05, 3.63) is 17.5 Å². The zero-order valence-corrected chi connectivity index (χ0v) is 9.62. The number of nitrogens with zero attached hydrogens (tertiary/aromatic N) is 1. The maximum absolute atomic E-state index is 11.8. The summed E-state index contributed by atoms with van der Waals surface area (Å²) in [5.41, 5.74) is 1.43. The van der Waals surface area contributed by atoms with Crippen molar-refractivity contribution in [3.8, 4) is 0 Å². The lowest BCUT2D eigenvalue weighted by Crippen LogP contribution is -2.47. The molecule has 2 N–H and O–H groups in total. The molecule has 1 aromatic rings. The Morgan fingerprint density at radius 2 is 2.44 bits per heavy atom. The fraction of sp³-hybridized carbons (Fsp3) is 0.636. The summed E-state index contributed by atoms with van der Waals surface area (Å²) in [6.07, 6.45) is 3.71. The number of rotatable bonds is 4. The van der Waals surface area contributed by atoms with Crippen LogP contribution in [-0.4, -0.2) is 34.9 Å². The third kappa shape index (κ3) is 2.24. The highest BCUT2D eigenvalue weighted by atomic mass is 16.5. The summed E-state index contributed by atoms with van der Waals surface area (Å²) in [6.45, 7) is 4.57. The monoisotopic (exact) mass is 223 g/mol. The zero-order chi connectivity index (χ0) is 11.5. The lowest BCUT2D eigenvalue weighted by Gasteiger charge is -2.35. The number of nitrogens with one attached hydrogen (secondary N) is 2. The minimum absolute atomic E-state index is 0.0498. The van der Waals surface area contributed by atoms with Crippen LogP contribution in [0.4, 0.5) is 0 Å². The predicted octanol–water partition coefficient (Wildman–Crippen LogP) is 1.02. The van der Waals surface area contributed by atoms with Gasteiger partial charge in [0.1, 0.15) is 0 Å². The Labute approximate surface area is 94.6 Å². The number of amides is 1. The number of carbonyl (C=O) groups excluding carboxylic acids is 1. The van der Waals surface area contributed by atoms with E-state index in [-0.39, 0.29) is 11.9 Å². The summed E-state index contributed by atoms with van der Waals surface area (Å²) >= 11 is 0. The summed E-state index contributed by atoms with van der Waals surface area (Å²) in [5.74, 6) is -0.0498. The molecule has 1 aliphatic carbocycles. The van der Waals surface area contributed by atoms with E-state index in [1.807, 2.05) is 13.8 Å². The molecule has 2 rings (SSSR count). The molecular weight excluding hydrogens is 206 g/mol. The largest absolute Gasteiger partial charge is 0.378 e. The van der Waals surface area contributed by atoms with Crippen molar-refractivity contribution >= 4 is 5.91 Å². The van der Waals surface area contributed by atoms with Gasteiger partial charge in [-0.2, -0.15) is 5.10 Å². The SMILES string of the molecule is CCOC1CC(NC(=O)c2cn[nH]c2C)C1. The first-order valence-electron chi connectivity index (χ1n) is 5.63. The third-order valence-electron chi connectivity index (χ3n) is 2.91. The van der Waals surface area contributed by atoms with Crippen molar-refractivity contribution in [2.45, 2.75) is 38.8 Å². The van der Waals surface area contributed by atoms with Gasteiger partial charge in [-0.15, -0.1) is 0 Å². The van der Waals surface area contributed by atoms with E-state index in [4.69, 9.17) is 4.74 Å². The van der Waals surface area contributed by atoms with Gasteiger partial charge in [-0.1, -0.05) is 0 Å². The molecule has 0 aliphatic heterocycles. The van der Waals surface area contributed by atoms with E-state index in [1.165, 1.54) is 0 Å². The van der Waals surface area contributed by atoms with E-state index in [0.717, 1.165) is 25.1 Å². The Hall–Kier alpha value is -1.36. The normalized spacial score (nSPS) is 23.9. The van der Waals surface area contributed by atoms with Crippen molar-refractivity contribution in [3.63, 3.8) is 0 Å². The molecule has 1 aromatic heterocycles. The molecule has 1 saturated carbocycles. The second-order valence-electron chi connectivity index (χ2n) is 4.13. The van der Waals surface area contributed by atoms with Gasteiger partial charge in [0.2, 0.25) is 0 Å². The highest BCUT2D eigenvalue weighted by Crippen LogP contribution is 2.23. The first-order chi connectivity index (χ1) is 7.70. The topological polar surface area (TPSA) is 67.0 Å². The fourth-order valence-electron chi connectivity index (χ4n) is 1.90. The molecule has 1 fully saturated rings. The smallest absolute Gasteiger partial charge is 0.254 e. The van der Waals surface area contributed by atoms with Gasteiger partial charge in [0.05, 0.1) is 17.9 Å². The molecule has 1 amide bonds. The molecule has 1 heterocycles. The number of ether oxygens (including phenoxy) is 1. The molecule has 16 heavy (non-hydrogen) atoms. The summed E-state index contributed by atoms with van der Waals surface area (Å²) in [7, 11) is 0. The molecule has 88 valence electrons. The van der Waals surface area contributed by atoms with Crippen molar-refractivity contribution in [2.75, 3.05) is 6.61 Å². The maximum atomic E-state index is 11.8. The molecule has 5 heteroatoms. The molecule has 0 saturated heterocycles. The number of aryl methyl sites for hydroxylation is 1. The van der Waals surface area contributed by atoms with E-state index >= 15 is 0 Å². The lowest BCUT2D eigenvalue weighted by molar-refractivity contribution is -0.00862. The number of carbonyl (C=O) groups is 1. The van der Waals surface area contributed by atoms with Crippen LogP contribution in [0.1, 0.15) is 35.8 Å². The standard InChI is InChI=1S/C11H17N3O2/c1-3-16-9-4-8(5-9)13-11(15)10-6-12-14-7(10)2/h6,8-9H,3-5H2,1-2H3,(H,12,14)(H,13,15). The molecule has 0 aromatic carbocycles. The molecular formula is C11H17N3O2. The molecule has 1 aliphatic rings. The average molecular weight is 223 g/mol.